The molecule has 0 fully saturated rings. The Balaban J connectivity index is 1.87. The average Bonchev–Trinajstić information content (AvgIpc) is 3.00. The summed E-state index contributed by atoms with van der Waals surface area (Å²) in [6.07, 6.45) is -0.476. The maximum atomic E-state index is 14.0. The minimum atomic E-state index is -2.07. The summed E-state index contributed by atoms with van der Waals surface area (Å²) in [6, 6.07) is 21.6. The highest BCUT2D eigenvalue weighted by Crippen LogP contribution is 2.24. The van der Waals surface area contributed by atoms with E-state index in [1.807, 2.05) is 63.2 Å². The molecule has 2 atom stereocenters. The quantitative estimate of drug-likeness (QED) is 0.0851. The van der Waals surface area contributed by atoms with Gasteiger partial charge >= 0.3 is 12.1 Å². The largest absolute Gasteiger partial charge is 0.491 e. The van der Waals surface area contributed by atoms with Gasteiger partial charge in [-0.3, -0.25) is 15.0 Å². The molecule has 272 valence electrons. The molecule has 0 aliphatic rings. The number of anilines is 2. The summed E-state index contributed by atoms with van der Waals surface area (Å²) < 4.78 is 25.1. The summed E-state index contributed by atoms with van der Waals surface area (Å²) in [6.45, 7) is 18.9. The monoisotopic (exact) mass is 724 g/mol. The molecule has 1 unspecified atom stereocenters. The van der Waals surface area contributed by atoms with Crippen molar-refractivity contribution in [2.45, 2.75) is 84.2 Å². The Hall–Kier alpha value is -4.25. The summed E-state index contributed by atoms with van der Waals surface area (Å²) in [7, 11) is -4.07. The molecule has 0 aliphatic carbocycles. The molecule has 12 nitrogen and oxygen atoms in total. The van der Waals surface area contributed by atoms with Gasteiger partial charge in [0.25, 0.3) is 5.69 Å². The van der Waals surface area contributed by atoms with Gasteiger partial charge in [-0.25, -0.2) is 9.59 Å². The lowest BCUT2D eigenvalue weighted by molar-refractivity contribution is -0.383. The Bertz CT molecular complexity index is 1560. The van der Waals surface area contributed by atoms with E-state index in [2.05, 4.69) is 49.9 Å². The number of nitrogens with one attached hydrogen (secondary N) is 2. The maximum Gasteiger partial charge on any atom is 0.410 e. The third kappa shape index (κ3) is 14.7. The Morgan fingerprint density at radius 1 is 0.840 bits per heavy atom. The van der Waals surface area contributed by atoms with Crippen LogP contribution in [-0.2, 0) is 20.0 Å². The van der Waals surface area contributed by atoms with E-state index in [0.717, 1.165) is 5.56 Å². The fraction of sp³-hybridized carbons (Fsp3) is 0.444. The van der Waals surface area contributed by atoms with E-state index in [0.29, 0.717) is 17.9 Å². The topological polar surface area (TPSA) is 142 Å². The van der Waals surface area contributed by atoms with Crippen molar-refractivity contribution < 1.29 is 32.8 Å². The second-order valence-electron chi connectivity index (χ2n) is 14.9. The number of hydrogen-bond acceptors (Lipinski definition) is 8. The second-order valence-corrected chi connectivity index (χ2v) is 23.9. The number of nitro benzene ring substituents is 1. The van der Waals surface area contributed by atoms with Gasteiger partial charge in [0.2, 0.25) is 0 Å². The molecule has 0 radical (unpaired) electrons. The first-order valence-electron chi connectivity index (χ1n) is 16.7. The highest BCUT2D eigenvalue weighted by atomic mass is 28.4. The average molecular weight is 725 g/mol. The van der Waals surface area contributed by atoms with Crippen molar-refractivity contribution in [1.29, 1.82) is 0 Å². The van der Waals surface area contributed by atoms with Gasteiger partial charge in [0.05, 0.1) is 30.2 Å². The van der Waals surface area contributed by atoms with Gasteiger partial charge in [-0.1, -0.05) is 42.5 Å². The lowest BCUT2D eigenvalue weighted by Gasteiger charge is -2.38. The number of amides is 3. The first-order chi connectivity index (χ1) is 23.3. The molecule has 0 spiro atoms. The Morgan fingerprint density at radius 3 is 2.04 bits per heavy atom. The minimum absolute atomic E-state index is 0.0877. The summed E-state index contributed by atoms with van der Waals surface area (Å²) in [4.78, 5) is 39.1. The summed E-state index contributed by atoms with van der Waals surface area (Å²) in [5.41, 5.74) is 0.539. The Labute approximate surface area is 297 Å². The Kier molecular flexibility index (Phi) is 14.2. The predicted octanol–water partition coefficient (Wildman–Crippen LogP) is 8.54. The molecule has 3 aromatic rings. The van der Waals surface area contributed by atoms with Gasteiger partial charge in [-0.15, -0.1) is 0 Å². The summed E-state index contributed by atoms with van der Waals surface area (Å²) in [5, 5.41) is 16.6. The van der Waals surface area contributed by atoms with Gasteiger partial charge in [-0.2, -0.15) is 0 Å². The van der Waals surface area contributed by atoms with Crippen molar-refractivity contribution in [3.8, 4) is 5.75 Å². The number of para-hydroxylation sites is 3. The van der Waals surface area contributed by atoms with Crippen LogP contribution in [0.2, 0.25) is 39.3 Å². The van der Waals surface area contributed by atoms with Gasteiger partial charge in [0.15, 0.2) is 16.6 Å². The van der Waals surface area contributed by atoms with Gasteiger partial charge in [-0.05, 0) is 102 Å². The molecular formula is C36H52N4O8Si2. The molecule has 0 saturated carbocycles. The highest BCUT2D eigenvalue weighted by Gasteiger charge is 2.34. The van der Waals surface area contributed by atoms with Crippen LogP contribution in [0.4, 0.5) is 26.7 Å². The van der Waals surface area contributed by atoms with Crippen LogP contribution in [0.1, 0.15) is 26.3 Å². The normalized spacial score (nSPS) is 13.1. The maximum absolute atomic E-state index is 14.0. The molecule has 3 rings (SSSR count). The van der Waals surface area contributed by atoms with Crippen LogP contribution in [-0.4, -0.2) is 76.1 Å². The SMILES string of the molecule is CC(C)(C)OC(=O)N(CC(COc1ccccc1)O[Si](C)(C)C)[C@H](CO[Si](C)(C)C)Cc1ccc(NC(=O)Nc2ccccc2[N+](=O)[O-])cc1. The van der Waals surface area contributed by atoms with E-state index in [1.165, 1.54) is 18.2 Å². The number of carbonyl (C=O) groups excluding carboxylic acids is 2. The standard InChI is InChI=1S/C36H52N4O8Si2/c1-36(2,3)47-35(42)39(24-31(48-50(7,8)9)26-45-30-15-11-10-12-16-30)29(25-46-49(4,5)6)23-27-19-21-28(22-20-27)37-34(41)38-32-17-13-14-18-33(32)40(43)44/h10-22,29,31H,23-26H2,1-9H3,(H2,37,38,41)/t29-,31?/m0/s1. The first-order valence-corrected chi connectivity index (χ1v) is 23.5. The molecular weight excluding hydrogens is 673 g/mol. The van der Waals surface area contributed by atoms with Crippen LogP contribution < -0.4 is 15.4 Å². The zero-order valence-electron chi connectivity index (χ0n) is 30.6. The minimum Gasteiger partial charge on any atom is -0.491 e. The number of ether oxygens (including phenoxy) is 2. The molecule has 0 bridgehead atoms. The molecule has 0 heterocycles. The molecule has 0 aliphatic heterocycles. The Morgan fingerprint density at radius 2 is 1.46 bits per heavy atom. The van der Waals surface area contributed by atoms with Crippen LogP contribution in [0.3, 0.4) is 0 Å². The van der Waals surface area contributed by atoms with E-state index in [-0.39, 0.29) is 31.1 Å². The van der Waals surface area contributed by atoms with E-state index in [1.54, 1.807) is 23.1 Å². The number of rotatable bonds is 16. The van der Waals surface area contributed by atoms with E-state index in [4.69, 9.17) is 18.3 Å². The molecule has 2 N–H and O–H groups in total. The number of carbonyl (C=O) groups is 2. The predicted molar refractivity (Wildman–Crippen MR) is 202 cm³/mol. The smallest absolute Gasteiger partial charge is 0.410 e. The van der Waals surface area contributed by atoms with Gasteiger partial charge < -0.3 is 29.0 Å². The van der Waals surface area contributed by atoms with Crippen molar-refractivity contribution in [2.24, 2.45) is 0 Å². The fourth-order valence-corrected chi connectivity index (χ4v) is 6.70. The van der Waals surface area contributed by atoms with Crippen molar-refractivity contribution in [2.75, 3.05) is 30.4 Å². The third-order valence-corrected chi connectivity index (χ3v) is 8.98. The van der Waals surface area contributed by atoms with Crippen LogP contribution in [0.25, 0.3) is 0 Å². The summed E-state index contributed by atoms with van der Waals surface area (Å²) in [5.74, 6) is 0.712. The van der Waals surface area contributed by atoms with Crippen molar-refractivity contribution in [3.63, 3.8) is 0 Å². The number of nitro groups is 1. The van der Waals surface area contributed by atoms with Crippen LogP contribution in [0.15, 0.2) is 78.9 Å². The van der Waals surface area contributed by atoms with Crippen molar-refractivity contribution in [1.82, 2.24) is 4.90 Å². The fourth-order valence-electron chi connectivity index (χ4n) is 4.87. The number of urea groups is 1. The first kappa shape index (κ1) is 40.2. The summed E-state index contributed by atoms with van der Waals surface area (Å²) >= 11 is 0. The van der Waals surface area contributed by atoms with E-state index < -0.39 is 51.4 Å². The molecule has 0 aromatic heterocycles. The third-order valence-electron chi connectivity index (χ3n) is 6.91. The second kappa shape index (κ2) is 17.6. The molecule has 3 amide bonds. The number of hydrogen-bond donors (Lipinski definition) is 2. The van der Waals surface area contributed by atoms with E-state index in [9.17, 15) is 19.7 Å². The lowest BCUT2D eigenvalue weighted by atomic mass is 10.0. The van der Waals surface area contributed by atoms with Gasteiger partial charge in [0.1, 0.15) is 23.6 Å². The molecule has 14 heteroatoms. The van der Waals surface area contributed by atoms with Crippen LogP contribution >= 0.6 is 0 Å². The molecule has 50 heavy (non-hydrogen) atoms. The molecule has 3 aromatic carbocycles. The zero-order valence-corrected chi connectivity index (χ0v) is 32.6. The van der Waals surface area contributed by atoms with E-state index >= 15 is 0 Å². The van der Waals surface area contributed by atoms with Crippen LogP contribution in [0.5, 0.6) is 5.75 Å². The molecule has 0 saturated heterocycles. The van der Waals surface area contributed by atoms with Gasteiger partial charge in [0, 0.05) is 11.8 Å². The highest BCUT2D eigenvalue weighted by molar-refractivity contribution is 6.70. The van der Waals surface area contributed by atoms with Crippen LogP contribution in [0, 0.1) is 10.1 Å². The van der Waals surface area contributed by atoms with Crippen molar-refractivity contribution >= 4 is 45.8 Å². The van der Waals surface area contributed by atoms with Crippen molar-refractivity contribution in [3.05, 3.63) is 94.5 Å². The lowest BCUT2D eigenvalue weighted by Crippen LogP contribution is -2.53. The number of nitrogens with zero attached hydrogens (tertiary/aromatic N) is 2. The zero-order chi connectivity index (χ0) is 37.1. The number of benzene rings is 3.